The van der Waals surface area contributed by atoms with E-state index in [2.05, 4.69) is 10.4 Å². The number of carbonyl (C=O) groups is 2. The summed E-state index contributed by atoms with van der Waals surface area (Å²) in [7, 11) is 1.48. The molecule has 0 saturated carbocycles. The number of hydrogen-bond acceptors (Lipinski definition) is 7. The van der Waals surface area contributed by atoms with Crippen molar-refractivity contribution in [3.63, 3.8) is 0 Å². The second-order valence-corrected chi connectivity index (χ2v) is 8.10. The fraction of sp³-hybridized carbons (Fsp3) is 0.148. The Morgan fingerprint density at radius 3 is 2.49 bits per heavy atom. The summed E-state index contributed by atoms with van der Waals surface area (Å²) < 4.78 is 11.1. The number of hydrogen-bond donors (Lipinski definition) is 1. The molecule has 0 spiro atoms. The van der Waals surface area contributed by atoms with Gasteiger partial charge in [0, 0.05) is 18.7 Å². The Kier molecular flexibility index (Phi) is 7.58. The molecule has 0 aliphatic carbocycles. The van der Waals surface area contributed by atoms with Crippen molar-refractivity contribution in [1.29, 1.82) is 0 Å². The molecule has 0 bridgehead atoms. The normalized spacial score (nSPS) is 13.9. The second-order valence-electron chi connectivity index (χ2n) is 8.10. The predicted octanol–water partition coefficient (Wildman–Crippen LogP) is 4.10. The molecule has 1 aliphatic rings. The van der Waals surface area contributed by atoms with E-state index in [0.29, 0.717) is 40.6 Å². The molecule has 1 aliphatic heterocycles. The van der Waals surface area contributed by atoms with Gasteiger partial charge in [-0.2, -0.15) is 10.1 Å². The number of amides is 2. The SMILES string of the molecule is COc1cc(/C=C2\C(=O)N(c3ccc([N+](=O)[O-])cc3)N=C2C)ccc1OCC(=O)NCc1ccccc1. The summed E-state index contributed by atoms with van der Waals surface area (Å²) in [5, 5.41) is 19.2. The summed E-state index contributed by atoms with van der Waals surface area (Å²) in [6, 6.07) is 20.2. The Hall–Kier alpha value is -4.99. The molecule has 2 amide bonds. The maximum Gasteiger partial charge on any atom is 0.280 e. The van der Waals surface area contributed by atoms with E-state index in [1.807, 2.05) is 30.3 Å². The average Bonchev–Trinajstić information content (AvgIpc) is 3.20. The zero-order valence-electron chi connectivity index (χ0n) is 20.2. The van der Waals surface area contributed by atoms with Crippen LogP contribution in [0.15, 0.2) is 83.5 Å². The van der Waals surface area contributed by atoms with Gasteiger partial charge in [-0.15, -0.1) is 0 Å². The Morgan fingerprint density at radius 2 is 1.81 bits per heavy atom. The molecule has 0 unspecified atom stereocenters. The lowest BCUT2D eigenvalue weighted by Gasteiger charge is -2.12. The number of rotatable bonds is 9. The van der Waals surface area contributed by atoms with E-state index in [4.69, 9.17) is 9.47 Å². The van der Waals surface area contributed by atoms with Crippen molar-refractivity contribution >= 4 is 35.0 Å². The van der Waals surface area contributed by atoms with Crippen molar-refractivity contribution in [1.82, 2.24) is 5.32 Å². The number of nitrogens with one attached hydrogen (secondary N) is 1. The minimum atomic E-state index is -0.507. The van der Waals surface area contributed by atoms with Crippen LogP contribution in [0, 0.1) is 10.1 Å². The van der Waals surface area contributed by atoms with Crippen molar-refractivity contribution in [2.75, 3.05) is 18.7 Å². The van der Waals surface area contributed by atoms with Gasteiger partial charge in [-0.3, -0.25) is 19.7 Å². The topological polar surface area (TPSA) is 123 Å². The Labute approximate surface area is 213 Å². The molecule has 188 valence electrons. The molecule has 4 rings (SSSR count). The molecule has 0 aromatic heterocycles. The number of nitro benzene ring substituents is 1. The van der Waals surface area contributed by atoms with Crippen LogP contribution in [-0.4, -0.2) is 36.2 Å². The van der Waals surface area contributed by atoms with Crippen LogP contribution in [0.2, 0.25) is 0 Å². The van der Waals surface area contributed by atoms with Crippen LogP contribution in [0.4, 0.5) is 11.4 Å². The number of anilines is 1. The molecule has 3 aromatic carbocycles. The van der Waals surface area contributed by atoms with Crippen molar-refractivity contribution in [3.8, 4) is 11.5 Å². The van der Waals surface area contributed by atoms with Crippen LogP contribution in [-0.2, 0) is 16.1 Å². The van der Waals surface area contributed by atoms with E-state index in [0.717, 1.165) is 5.56 Å². The van der Waals surface area contributed by atoms with Crippen molar-refractivity contribution in [2.45, 2.75) is 13.5 Å². The maximum atomic E-state index is 13.0. The lowest BCUT2D eigenvalue weighted by Crippen LogP contribution is -2.28. The molecule has 0 saturated heterocycles. The zero-order valence-corrected chi connectivity index (χ0v) is 20.2. The van der Waals surface area contributed by atoms with Gasteiger partial charge in [0.1, 0.15) is 0 Å². The molecule has 1 heterocycles. The Balaban J connectivity index is 1.42. The molecule has 3 aromatic rings. The minimum absolute atomic E-state index is 0.0741. The lowest BCUT2D eigenvalue weighted by atomic mass is 10.1. The van der Waals surface area contributed by atoms with Crippen LogP contribution in [0.25, 0.3) is 6.08 Å². The predicted molar refractivity (Wildman–Crippen MR) is 138 cm³/mol. The van der Waals surface area contributed by atoms with Gasteiger partial charge < -0.3 is 14.8 Å². The fourth-order valence-electron chi connectivity index (χ4n) is 3.63. The third-order valence-corrected chi connectivity index (χ3v) is 5.56. The number of nitrogens with zero attached hydrogens (tertiary/aromatic N) is 3. The molecule has 37 heavy (non-hydrogen) atoms. The minimum Gasteiger partial charge on any atom is -0.493 e. The highest BCUT2D eigenvalue weighted by Crippen LogP contribution is 2.31. The Morgan fingerprint density at radius 1 is 1.08 bits per heavy atom. The van der Waals surface area contributed by atoms with Gasteiger partial charge in [-0.1, -0.05) is 36.4 Å². The zero-order chi connectivity index (χ0) is 26.4. The molecule has 10 heteroatoms. The number of methoxy groups -OCH3 is 1. The summed E-state index contributed by atoms with van der Waals surface area (Å²) in [5.41, 5.74) is 2.87. The monoisotopic (exact) mass is 500 g/mol. The Bertz CT molecular complexity index is 1380. The first-order chi connectivity index (χ1) is 17.9. The van der Waals surface area contributed by atoms with Gasteiger partial charge in [0.05, 0.1) is 29.0 Å². The van der Waals surface area contributed by atoms with E-state index >= 15 is 0 Å². The summed E-state index contributed by atoms with van der Waals surface area (Å²) in [5.74, 6) is 0.153. The number of hydrazone groups is 1. The first kappa shape index (κ1) is 25.1. The quantitative estimate of drug-likeness (QED) is 0.268. The van der Waals surface area contributed by atoms with Crippen LogP contribution in [0.3, 0.4) is 0 Å². The van der Waals surface area contributed by atoms with E-state index in [1.54, 1.807) is 31.2 Å². The number of non-ortho nitro benzene ring substituents is 1. The first-order valence-electron chi connectivity index (χ1n) is 11.3. The van der Waals surface area contributed by atoms with Crippen LogP contribution >= 0.6 is 0 Å². The maximum absolute atomic E-state index is 13.0. The standard InChI is InChI=1S/C27H24N4O6/c1-18-23(27(33)30(29-18)21-9-11-22(12-10-21)31(34)35)14-20-8-13-24(25(15-20)36-2)37-17-26(32)28-16-19-6-4-3-5-7-19/h3-15H,16-17H2,1-2H3,(H,28,32)/b23-14-. The largest absolute Gasteiger partial charge is 0.493 e. The highest BCUT2D eigenvalue weighted by atomic mass is 16.6. The van der Waals surface area contributed by atoms with Gasteiger partial charge in [0.25, 0.3) is 17.5 Å². The molecule has 0 radical (unpaired) electrons. The van der Waals surface area contributed by atoms with Gasteiger partial charge in [0.2, 0.25) is 0 Å². The molecule has 0 fully saturated rings. The third kappa shape index (κ3) is 5.99. The van der Waals surface area contributed by atoms with Crippen LogP contribution in [0.1, 0.15) is 18.1 Å². The first-order valence-corrected chi connectivity index (χ1v) is 11.3. The number of carbonyl (C=O) groups excluding carboxylic acids is 2. The van der Waals surface area contributed by atoms with Gasteiger partial charge in [-0.05, 0) is 48.4 Å². The van der Waals surface area contributed by atoms with Crippen molar-refractivity contribution in [3.05, 3.63) is 99.6 Å². The second kappa shape index (κ2) is 11.2. The van der Waals surface area contributed by atoms with Gasteiger partial charge >= 0.3 is 0 Å². The highest BCUT2D eigenvalue weighted by molar-refractivity contribution is 6.32. The summed E-state index contributed by atoms with van der Waals surface area (Å²) >= 11 is 0. The average molecular weight is 501 g/mol. The lowest BCUT2D eigenvalue weighted by molar-refractivity contribution is -0.384. The van der Waals surface area contributed by atoms with Gasteiger partial charge in [0.15, 0.2) is 18.1 Å². The summed E-state index contributed by atoms with van der Waals surface area (Å²) in [4.78, 5) is 35.6. The number of nitro groups is 1. The number of ether oxygens (including phenoxy) is 2. The van der Waals surface area contributed by atoms with Gasteiger partial charge in [-0.25, -0.2) is 0 Å². The fourth-order valence-corrected chi connectivity index (χ4v) is 3.63. The highest BCUT2D eigenvalue weighted by Gasteiger charge is 2.29. The molecule has 10 nitrogen and oxygen atoms in total. The van der Waals surface area contributed by atoms with E-state index in [-0.39, 0.29) is 24.1 Å². The molecular formula is C27H24N4O6. The summed E-state index contributed by atoms with van der Waals surface area (Å²) in [6.45, 7) is 1.93. The smallest absolute Gasteiger partial charge is 0.280 e. The van der Waals surface area contributed by atoms with E-state index in [1.165, 1.54) is 36.4 Å². The molecule has 0 atom stereocenters. The van der Waals surface area contributed by atoms with E-state index < -0.39 is 4.92 Å². The summed E-state index contributed by atoms with van der Waals surface area (Å²) in [6.07, 6.45) is 1.67. The van der Waals surface area contributed by atoms with Crippen LogP contribution < -0.4 is 19.8 Å². The number of benzene rings is 3. The van der Waals surface area contributed by atoms with Crippen LogP contribution in [0.5, 0.6) is 11.5 Å². The molecular weight excluding hydrogens is 476 g/mol. The third-order valence-electron chi connectivity index (χ3n) is 5.56. The van der Waals surface area contributed by atoms with E-state index in [9.17, 15) is 19.7 Å². The van der Waals surface area contributed by atoms with Crippen molar-refractivity contribution < 1.29 is 24.0 Å². The molecule has 1 N–H and O–H groups in total. The van der Waals surface area contributed by atoms with Crippen molar-refractivity contribution in [2.24, 2.45) is 5.10 Å².